The highest BCUT2D eigenvalue weighted by Gasteiger charge is 2.35. The number of aryl methyl sites for hydroxylation is 1. The predicted molar refractivity (Wildman–Crippen MR) is 65.9 cm³/mol. The normalized spacial score (nSPS) is 30.2. The lowest BCUT2D eigenvalue weighted by molar-refractivity contribution is -0.143. The zero-order valence-corrected chi connectivity index (χ0v) is 10.6. The Morgan fingerprint density at radius 2 is 2.19 bits per heavy atom. The highest BCUT2D eigenvalue weighted by atomic mass is 32.1. The fraction of sp³-hybridized carbons (Fsp3) is 0.615. The van der Waals surface area contributed by atoms with Gasteiger partial charge in [0, 0.05) is 15.7 Å². The van der Waals surface area contributed by atoms with Gasteiger partial charge in [-0.3, -0.25) is 4.79 Å². The largest absolute Gasteiger partial charge is 0.481 e. The predicted octanol–water partition coefficient (Wildman–Crippen LogP) is 3.66. The van der Waals surface area contributed by atoms with Crippen LogP contribution >= 0.6 is 11.3 Å². The number of carboxylic acids is 1. The van der Waals surface area contributed by atoms with E-state index >= 15 is 0 Å². The van der Waals surface area contributed by atoms with Crippen LogP contribution < -0.4 is 0 Å². The van der Waals surface area contributed by atoms with Crippen LogP contribution in [0.15, 0.2) is 12.1 Å². The molecule has 3 atom stereocenters. The van der Waals surface area contributed by atoms with E-state index in [9.17, 15) is 9.90 Å². The zero-order valence-electron chi connectivity index (χ0n) is 9.77. The van der Waals surface area contributed by atoms with E-state index in [2.05, 4.69) is 26.0 Å². The molecule has 0 amide bonds. The number of carbonyl (C=O) groups is 1. The van der Waals surface area contributed by atoms with Gasteiger partial charge in [-0.2, -0.15) is 0 Å². The van der Waals surface area contributed by atoms with Crippen molar-refractivity contribution in [2.75, 3.05) is 0 Å². The third-order valence-electron chi connectivity index (χ3n) is 3.56. The van der Waals surface area contributed by atoms with E-state index in [0.29, 0.717) is 5.92 Å². The first-order chi connectivity index (χ1) is 7.58. The third kappa shape index (κ3) is 2.29. The summed E-state index contributed by atoms with van der Waals surface area (Å²) in [7, 11) is 0. The van der Waals surface area contributed by atoms with Crippen molar-refractivity contribution in [1.82, 2.24) is 0 Å². The molecule has 3 unspecified atom stereocenters. The number of thiophene rings is 1. The quantitative estimate of drug-likeness (QED) is 0.853. The van der Waals surface area contributed by atoms with Crippen molar-refractivity contribution in [3.63, 3.8) is 0 Å². The molecule has 1 aliphatic carbocycles. The van der Waals surface area contributed by atoms with E-state index in [1.54, 1.807) is 11.3 Å². The topological polar surface area (TPSA) is 37.3 Å². The molecular weight excluding hydrogens is 220 g/mol. The summed E-state index contributed by atoms with van der Waals surface area (Å²) in [6.45, 7) is 4.31. The molecule has 0 spiro atoms. The molecule has 16 heavy (non-hydrogen) atoms. The minimum atomic E-state index is -0.622. The molecule has 1 aromatic rings. The highest BCUT2D eigenvalue weighted by Crippen LogP contribution is 2.42. The van der Waals surface area contributed by atoms with Crippen LogP contribution in [0.5, 0.6) is 0 Å². The number of hydrogen-bond acceptors (Lipinski definition) is 2. The Bertz CT molecular complexity index is 383. The fourth-order valence-electron chi connectivity index (χ4n) is 2.64. The van der Waals surface area contributed by atoms with Crippen LogP contribution in [-0.4, -0.2) is 11.1 Å². The molecule has 1 aromatic heterocycles. The fourth-order valence-corrected chi connectivity index (χ4v) is 3.70. The molecule has 1 saturated carbocycles. The third-order valence-corrected chi connectivity index (χ3v) is 4.69. The average Bonchev–Trinajstić information content (AvgIpc) is 2.64. The molecule has 0 bridgehead atoms. The summed E-state index contributed by atoms with van der Waals surface area (Å²) < 4.78 is 0. The summed E-state index contributed by atoms with van der Waals surface area (Å²) in [5.74, 6) is 0.0974. The molecule has 0 saturated heterocycles. The molecule has 1 aliphatic rings. The first-order valence-electron chi connectivity index (χ1n) is 5.87. The highest BCUT2D eigenvalue weighted by molar-refractivity contribution is 7.12. The lowest BCUT2D eigenvalue weighted by Crippen LogP contribution is -2.27. The second-order valence-corrected chi connectivity index (χ2v) is 6.24. The van der Waals surface area contributed by atoms with Crippen LogP contribution in [0.3, 0.4) is 0 Å². The molecule has 2 nitrogen and oxygen atoms in total. The van der Waals surface area contributed by atoms with Crippen LogP contribution in [0.2, 0.25) is 0 Å². The zero-order chi connectivity index (χ0) is 11.7. The van der Waals surface area contributed by atoms with Crippen molar-refractivity contribution in [2.24, 2.45) is 11.8 Å². The van der Waals surface area contributed by atoms with Gasteiger partial charge in [-0.15, -0.1) is 11.3 Å². The van der Waals surface area contributed by atoms with E-state index in [4.69, 9.17) is 0 Å². The van der Waals surface area contributed by atoms with Gasteiger partial charge < -0.3 is 5.11 Å². The van der Waals surface area contributed by atoms with Gasteiger partial charge in [-0.05, 0) is 44.2 Å². The average molecular weight is 238 g/mol. The Morgan fingerprint density at radius 1 is 1.44 bits per heavy atom. The Hall–Kier alpha value is -0.830. The molecule has 1 fully saturated rings. The Balaban J connectivity index is 2.23. The minimum Gasteiger partial charge on any atom is -0.481 e. The Morgan fingerprint density at radius 3 is 2.75 bits per heavy atom. The SMILES string of the molecule is Cc1ccc(C2CC(C)CCC2C(=O)O)s1. The lowest BCUT2D eigenvalue weighted by Gasteiger charge is -2.31. The van der Waals surface area contributed by atoms with Gasteiger partial charge in [0.05, 0.1) is 5.92 Å². The van der Waals surface area contributed by atoms with Gasteiger partial charge in [0.2, 0.25) is 0 Å². The van der Waals surface area contributed by atoms with Crippen molar-refractivity contribution in [3.8, 4) is 0 Å². The Kier molecular flexibility index (Phi) is 3.33. The van der Waals surface area contributed by atoms with Crippen molar-refractivity contribution in [3.05, 3.63) is 21.9 Å². The van der Waals surface area contributed by atoms with E-state index in [1.807, 2.05) is 0 Å². The van der Waals surface area contributed by atoms with Gasteiger partial charge in [-0.25, -0.2) is 0 Å². The van der Waals surface area contributed by atoms with Crippen LogP contribution in [-0.2, 0) is 4.79 Å². The maximum Gasteiger partial charge on any atom is 0.307 e. The van der Waals surface area contributed by atoms with Gasteiger partial charge in [0.1, 0.15) is 0 Å². The van der Waals surface area contributed by atoms with Gasteiger partial charge in [0.15, 0.2) is 0 Å². The number of aliphatic carboxylic acids is 1. The van der Waals surface area contributed by atoms with Crippen LogP contribution in [0.4, 0.5) is 0 Å². The van der Waals surface area contributed by atoms with E-state index in [0.717, 1.165) is 19.3 Å². The molecule has 0 radical (unpaired) electrons. The summed E-state index contributed by atoms with van der Waals surface area (Å²) >= 11 is 1.75. The summed E-state index contributed by atoms with van der Waals surface area (Å²) in [4.78, 5) is 13.8. The number of carboxylic acid groups (broad SMARTS) is 1. The molecule has 0 aromatic carbocycles. The van der Waals surface area contributed by atoms with E-state index in [1.165, 1.54) is 9.75 Å². The second-order valence-electron chi connectivity index (χ2n) is 4.92. The molecule has 2 rings (SSSR count). The second kappa shape index (κ2) is 4.58. The number of hydrogen-bond donors (Lipinski definition) is 1. The first-order valence-corrected chi connectivity index (χ1v) is 6.68. The Labute approximate surface area is 100 Å². The van der Waals surface area contributed by atoms with Gasteiger partial charge in [-0.1, -0.05) is 6.92 Å². The molecule has 88 valence electrons. The maximum absolute atomic E-state index is 11.3. The van der Waals surface area contributed by atoms with Crippen LogP contribution in [0.25, 0.3) is 0 Å². The minimum absolute atomic E-state index is 0.172. The molecule has 0 aliphatic heterocycles. The standard InChI is InChI=1S/C13H18O2S/c1-8-3-5-10(13(14)15)11(7-8)12-6-4-9(2)16-12/h4,6,8,10-11H,3,5,7H2,1-2H3,(H,14,15). The monoisotopic (exact) mass is 238 g/mol. The summed E-state index contributed by atoms with van der Waals surface area (Å²) in [5.41, 5.74) is 0. The van der Waals surface area contributed by atoms with Crippen molar-refractivity contribution < 1.29 is 9.90 Å². The van der Waals surface area contributed by atoms with Crippen molar-refractivity contribution >= 4 is 17.3 Å². The maximum atomic E-state index is 11.3. The smallest absolute Gasteiger partial charge is 0.307 e. The molecule has 3 heteroatoms. The van der Waals surface area contributed by atoms with E-state index in [-0.39, 0.29) is 11.8 Å². The summed E-state index contributed by atoms with van der Waals surface area (Å²) in [6.07, 6.45) is 2.91. The van der Waals surface area contributed by atoms with Crippen molar-refractivity contribution in [1.29, 1.82) is 0 Å². The molecule has 1 heterocycles. The van der Waals surface area contributed by atoms with Crippen molar-refractivity contribution in [2.45, 2.75) is 39.0 Å². The molecular formula is C13H18O2S. The number of rotatable bonds is 2. The first kappa shape index (κ1) is 11.6. The summed E-state index contributed by atoms with van der Waals surface area (Å²) in [5, 5.41) is 9.27. The van der Waals surface area contributed by atoms with E-state index < -0.39 is 5.97 Å². The summed E-state index contributed by atoms with van der Waals surface area (Å²) in [6, 6.07) is 4.21. The van der Waals surface area contributed by atoms with Crippen LogP contribution in [0, 0.1) is 18.8 Å². The van der Waals surface area contributed by atoms with Gasteiger partial charge in [0.25, 0.3) is 0 Å². The molecule has 1 N–H and O–H groups in total. The lowest BCUT2D eigenvalue weighted by atomic mass is 9.74. The van der Waals surface area contributed by atoms with Gasteiger partial charge >= 0.3 is 5.97 Å². The van der Waals surface area contributed by atoms with Crippen LogP contribution in [0.1, 0.15) is 41.9 Å².